The largest absolute Gasteiger partial charge is 0.495 e. The normalized spacial score (nSPS) is 12.0. The number of fused-ring (bicyclic) bond motifs is 3. The van der Waals surface area contributed by atoms with Gasteiger partial charge in [0.15, 0.2) is 5.13 Å². The Labute approximate surface area is 154 Å². The van der Waals surface area contributed by atoms with Crippen molar-refractivity contribution in [2.24, 2.45) is 12.2 Å². The molecule has 134 valence electrons. The molecule has 9 heteroatoms. The van der Waals surface area contributed by atoms with Crippen molar-refractivity contribution >= 4 is 53.3 Å². The number of nitrogens with two attached hydrogens (primary N) is 1. The minimum Gasteiger partial charge on any atom is -0.495 e. The maximum atomic E-state index is 11.6. The Morgan fingerprint density at radius 3 is 2.77 bits per heavy atom. The smallest absolute Gasteiger partial charge is 0.238 e. The minimum absolute atomic E-state index is 0.00682. The van der Waals surface area contributed by atoms with Gasteiger partial charge in [0.05, 0.1) is 33.4 Å². The van der Waals surface area contributed by atoms with Crippen LogP contribution in [-0.2, 0) is 17.1 Å². The van der Waals surface area contributed by atoms with Gasteiger partial charge >= 0.3 is 0 Å². The Morgan fingerprint density at radius 2 is 2.04 bits per heavy atom. The van der Waals surface area contributed by atoms with Crippen molar-refractivity contribution in [1.29, 1.82) is 0 Å². The van der Waals surface area contributed by atoms with Gasteiger partial charge in [0, 0.05) is 18.6 Å². The van der Waals surface area contributed by atoms with Crippen LogP contribution in [0.2, 0.25) is 0 Å². The second-order valence-electron chi connectivity index (χ2n) is 5.82. The van der Waals surface area contributed by atoms with Gasteiger partial charge in [-0.05, 0) is 36.4 Å². The third-order valence-corrected chi connectivity index (χ3v) is 6.01. The minimum atomic E-state index is -3.81. The molecule has 2 aromatic carbocycles. The van der Waals surface area contributed by atoms with Crippen LogP contribution in [0.25, 0.3) is 21.1 Å². The molecule has 4 rings (SSSR count). The molecular formula is C17H16N4O3S2. The van der Waals surface area contributed by atoms with Crippen LogP contribution in [0.3, 0.4) is 0 Å². The van der Waals surface area contributed by atoms with Gasteiger partial charge in [0.2, 0.25) is 10.0 Å². The van der Waals surface area contributed by atoms with E-state index in [0.717, 1.165) is 21.1 Å². The highest BCUT2D eigenvalue weighted by molar-refractivity contribution is 7.89. The van der Waals surface area contributed by atoms with Crippen LogP contribution >= 0.6 is 11.3 Å². The van der Waals surface area contributed by atoms with E-state index in [1.54, 1.807) is 6.07 Å². The van der Waals surface area contributed by atoms with Crippen molar-refractivity contribution < 1.29 is 13.2 Å². The summed E-state index contributed by atoms with van der Waals surface area (Å²) in [5.41, 5.74) is 2.49. The molecule has 0 spiro atoms. The summed E-state index contributed by atoms with van der Waals surface area (Å²) in [4.78, 5) is 4.68. The highest BCUT2D eigenvalue weighted by Gasteiger charge is 2.15. The van der Waals surface area contributed by atoms with Gasteiger partial charge in [-0.1, -0.05) is 11.3 Å². The Balaban J connectivity index is 1.81. The highest BCUT2D eigenvalue weighted by Crippen LogP contribution is 2.36. The number of methoxy groups -OCH3 is 1. The summed E-state index contributed by atoms with van der Waals surface area (Å²) in [5.74, 6) is 0.501. The van der Waals surface area contributed by atoms with E-state index < -0.39 is 10.0 Å². The molecule has 2 heterocycles. The lowest BCUT2D eigenvalue weighted by Gasteiger charge is -2.10. The SMILES string of the molecule is COc1ccc(S(N)(=O)=O)cc1Nc1nc2c(ccc3c2ccn3C)s1. The summed E-state index contributed by atoms with van der Waals surface area (Å²) in [6, 6.07) is 10.5. The van der Waals surface area contributed by atoms with Crippen molar-refractivity contribution in [3.8, 4) is 5.75 Å². The standard InChI is InChI=1S/C17H16N4O3S2/c1-21-8-7-11-13(21)4-6-15-16(11)20-17(25-15)19-12-9-10(26(18,22)23)3-5-14(12)24-2/h3-9H,1-2H3,(H,19,20)(H2,18,22,23). The van der Waals surface area contributed by atoms with E-state index in [0.29, 0.717) is 16.6 Å². The van der Waals surface area contributed by atoms with Crippen LogP contribution in [0, 0.1) is 0 Å². The quantitative estimate of drug-likeness (QED) is 0.559. The monoisotopic (exact) mass is 388 g/mol. The predicted octanol–water partition coefficient (Wildman–Crippen LogP) is 3.19. The van der Waals surface area contributed by atoms with Crippen LogP contribution in [0.5, 0.6) is 5.75 Å². The highest BCUT2D eigenvalue weighted by atomic mass is 32.2. The number of sulfonamides is 1. The number of aryl methyl sites for hydroxylation is 1. The maximum Gasteiger partial charge on any atom is 0.238 e. The Bertz CT molecular complexity index is 1240. The van der Waals surface area contributed by atoms with E-state index in [-0.39, 0.29) is 4.90 Å². The summed E-state index contributed by atoms with van der Waals surface area (Å²) in [7, 11) is -0.302. The Morgan fingerprint density at radius 1 is 1.23 bits per heavy atom. The molecule has 26 heavy (non-hydrogen) atoms. The number of primary sulfonamides is 1. The van der Waals surface area contributed by atoms with Gasteiger partial charge in [-0.15, -0.1) is 0 Å². The molecule has 0 atom stereocenters. The average Bonchev–Trinajstić information content (AvgIpc) is 3.17. The zero-order valence-corrected chi connectivity index (χ0v) is 15.7. The molecule has 0 unspecified atom stereocenters. The third-order valence-electron chi connectivity index (χ3n) is 4.16. The van der Waals surface area contributed by atoms with E-state index >= 15 is 0 Å². The molecule has 0 saturated carbocycles. The fourth-order valence-corrected chi connectivity index (χ4v) is 4.31. The molecule has 0 aliphatic carbocycles. The molecule has 0 bridgehead atoms. The number of hydrogen-bond donors (Lipinski definition) is 2. The van der Waals surface area contributed by atoms with Gasteiger partial charge in [-0.2, -0.15) is 0 Å². The fraction of sp³-hybridized carbons (Fsp3) is 0.118. The van der Waals surface area contributed by atoms with Gasteiger partial charge < -0.3 is 14.6 Å². The second-order valence-corrected chi connectivity index (χ2v) is 8.41. The molecule has 7 nitrogen and oxygen atoms in total. The predicted molar refractivity (Wildman–Crippen MR) is 104 cm³/mol. The molecule has 0 amide bonds. The lowest BCUT2D eigenvalue weighted by molar-refractivity contribution is 0.416. The van der Waals surface area contributed by atoms with Gasteiger partial charge in [0.1, 0.15) is 5.75 Å². The average molecular weight is 388 g/mol. The first-order valence-electron chi connectivity index (χ1n) is 7.69. The number of thiazole rings is 1. The van der Waals surface area contributed by atoms with Gasteiger partial charge in [-0.3, -0.25) is 0 Å². The van der Waals surface area contributed by atoms with Crippen LogP contribution in [0.1, 0.15) is 0 Å². The van der Waals surface area contributed by atoms with E-state index in [2.05, 4.69) is 16.4 Å². The number of rotatable bonds is 4. The molecule has 4 aromatic rings. The molecule has 0 saturated heterocycles. The molecule has 2 aromatic heterocycles. The molecule has 0 fully saturated rings. The zero-order valence-electron chi connectivity index (χ0n) is 14.1. The molecular weight excluding hydrogens is 372 g/mol. The first-order valence-corrected chi connectivity index (χ1v) is 10.1. The van der Waals surface area contributed by atoms with E-state index in [4.69, 9.17) is 9.88 Å². The third kappa shape index (κ3) is 2.79. The van der Waals surface area contributed by atoms with Crippen molar-refractivity contribution in [1.82, 2.24) is 9.55 Å². The van der Waals surface area contributed by atoms with Crippen LogP contribution in [0.4, 0.5) is 10.8 Å². The Kier molecular flexibility index (Phi) is 3.87. The number of benzene rings is 2. The zero-order chi connectivity index (χ0) is 18.5. The number of nitrogens with one attached hydrogen (secondary N) is 1. The topological polar surface area (TPSA) is 99.2 Å². The summed E-state index contributed by atoms with van der Waals surface area (Å²) in [5, 5.41) is 10.1. The van der Waals surface area contributed by atoms with Crippen LogP contribution in [0.15, 0.2) is 47.5 Å². The summed E-state index contributed by atoms with van der Waals surface area (Å²) in [6.45, 7) is 0. The van der Waals surface area contributed by atoms with E-state index in [1.165, 1.54) is 30.6 Å². The van der Waals surface area contributed by atoms with E-state index in [1.807, 2.05) is 29.9 Å². The first kappa shape index (κ1) is 16.8. The Hall–Kier alpha value is -2.62. The summed E-state index contributed by atoms with van der Waals surface area (Å²) in [6.07, 6.45) is 2.00. The van der Waals surface area contributed by atoms with Gasteiger partial charge in [-0.25, -0.2) is 18.5 Å². The van der Waals surface area contributed by atoms with Crippen molar-refractivity contribution in [2.75, 3.05) is 12.4 Å². The molecule has 0 aliphatic heterocycles. The lowest BCUT2D eigenvalue weighted by atomic mass is 10.2. The van der Waals surface area contributed by atoms with Gasteiger partial charge in [0.25, 0.3) is 0 Å². The van der Waals surface area contributed by atoms with Crippen molar-refractivity contribution in [3.05, 3.63) is 42.6 Å². The van der Waals surface area contributed by atoms with Crippen LogP contribution in [-0.4, -0.2) is 25.1 Å². The first-order chi connectivity index (χ1) is 12.4. The number of anilines is 2. The van der Waals surface area contributed by atoms with E-state index in [9.17, 15) is 8.42 Å². The number of ether oxygens (including phenoxy) is 1. The summed E-state index contributed by atoms with van der Waals surface area (Å²) >= 11 is 1.48. The number of nitrogens with zero attached hydrogens (tertiary/aromatic N) is 2. The molecule has 3 N–H and O–H groups in total. The van der Waals surface area contributed by atoms with Crippen molar-refractivity contribution in [3.63, 3.8) is 0 Å². The number of aromatic nitrogens is 2. The molecule has 0 radical (unpaired) electrons. The number of hydrogen-bond acceptors (Lipinski definition) is 6. The summed E-state index contributed by atoms with van der Waals surface area (Å²) < 4.78 is 31.6. The maximum absolute atomic E-state index is 11.6. The fourth-order valence-electron chi connectivity index (χ4n) is 2.87. The van der Waals surface area contributed by atoms with Crippen molar-refractivity contribution in [2.45, 2.75) is 4.90 Å². The molecule has 0 aliphatic rings. The van der Waals surface area contributed by atoms with Crippen LogP contribution < -0.4 is 15.2 Å². The lowest BCUT2D eigenvalue weighted by Crippen LogP contribution is -2.12. The second kappa shape index (κ2) is 5.97.